The lowest BCUT2D eigenvalue weighted by Crippen LogP contribution is -2.58. The van der Waals surface area contributed by atoms with Crippen LogP contribution in [-0.4, -0.2) is 62.5 Å². The fourth-order valence-electron chi connectivity index (χ4n) is 2.25. The molecule has 2 rings (SSSR count). The van der Waals surface area contributed by atoms with Crippen LogP contribution >= 0.6 is 0 Å². The van der Waals surface area contributed by atoms with Gasteiger partial charge >= 0.3 is 5.97 Å². The van der Waals surface area contributed by atoms with Gasteiger partial charge in [-0.1, -0.05) is 0 Å². The molecule has 4 unspecified atom stereocenters. The molecule has 116 valence electrons. The fourth-order valence-corrected chi connectivity index (χ4v) is 2.25. The molecule has 1 heterocycles. The SMILES string of the molecule is O=C(O)c1cc(NCC2CC(O)C(O)C(O)N2)ccc1O. The lowest BCUT2D eigenvalue weighted by atomic mass is 9.98. The molecule has 1 aliphatic heterocycles. The van der Waals surface area contributed by atoms with Gasteiger partial charge in [-0.2, -0.15) is 0 Å². The average Bonchev–Trinajstić information content (AvgIpc) is 2.43. The Kier molecular flexibility index (Phi) is 4.63. The molecule has 21 heavy (non-hydrogen) atoms. The second-order valence-corrected chi connectivity index (χ2v) is 5.02. The molecule has 1 fully saturated rings. The van der Waals surface area contributed by atoms with Crippen molar-refractivity contribution in [2.75, 3.05) is 11.9 Å². The minimum Gasteiger partial charge on any atom is -0.507 e. The summed E-state index contributed by atoms with van der Waals surface area (Å²) in [5.74, 6) is -1.56. The molecule has 7 N–H and O–H groups in total. The maximum absolute atomic E-state index is 10.9. The van der Waals surface area contributed by atoms with Crippen LogP contribution in [0.3, 0.4) is 0 Å². The lowest BCUT2D eigenvalue weighted by molar-refractivity contribution is -0.104. The zero-order valence-electron chi connectivity index (χ0n) is 11.1. The summed E-state index contributed by atoms with van der Waals surface area (Å²) in [5, 5.41) is 52.5. The Morgan fingerprint density at radius 1 is 1.33 bits per heavy atom. The van der Waals surface area contributed by atoms with Crippen LogP contribution in [0.2, 0.25) is 0 Å². The van der Waals surface area contributed by atoms with Crippen molar-refractivity contribution in [3.05, 3.63) is 23.8 Å². The molecule has 0 aromatic heterocycles. The number of aliphatic hydroxyl groups excluding tert-OH is 3. The molecule has 8 heteroatoms. The smallest absolute Gasteiger partial charge is 0.339 e. The summed E-state index contributed by atoms with van der Waals surface area (Å²) in [6.45, 7) is 0.310. The highest BCUT2D eigenvalue weighted by molar-refractivity contribution is 5.91. The normalized spacial score (nSPS) is 29.1. The van der Waals surface area contributed by atoms with Gasteiger partial charge in [-0.25, -0.2) is 4.79 Å². The number of nitrogens with one attached hydrogen (secondary N) is 2. The highest BCUT2D eigenvalue weighted by Crippen LogP contribution is 2.22. The number of rotatable bonds is 4. The minimum absolute atomic E-state index is 0.216. The summed E-state index contributed by atoms with van der Waals surface area (Å²) in [6, 6.07) is 3.79. The quantitative estimate of drug-likeness (QED) is 0.347. The number of aliphatic hydroxyl groups is 3. The minimum atomic E-state index is -1.24. The number of carboxylic acids is 1. The van der Waals surface area contributed by atoms with Gasteiger partial charge in [0.25, 0.3) is 0 Å². The Hall–Kier alpha value is -1.87. The van der Waals surface area contributed by atoms with Crippen molar-refractivity contribution in [2.24, 2.45) is 0 Å². The maximum Gasteiger partial charge on any atom is 0.339 e. The van der Waals surface area contributed by atoms with Crippen molar-refractivity contribution in [1.82, 2.24) is 5.32 Å². The van der Waals surface area contributed by atoms with Crippen molar-refractivity contribution < 1.29 is 30.3 Å². The van der Waals surface area contributed by atoms with Crippen molar-refractivity contribution in [3.8, 4) is 5.75 Å². The number of hydrogen-bond donors (Lipinski definition) is 7. The number of hydrogen-bond acceptors (Lipinski definition) is 7. The second-order valence-electron chi connectivity index (χ2n) is 5.02. The predicted octanol–water partition coefficient (Wildman–Crippen LogP) is -1.10. The van der Waals surface area contributed by atoms with Gasteiger partial charge in [-0.15, -0.1) is 0 Å². The first-order valence-electron chi connectivity index (χ1n) is 6.49. The fraction of sp³-hybridized carbons (Fsp3) is 0.462. The number of piperidine rings is 1. The van der Waals surface area contributed by atoms with Gasteiger partial charge in [-0.05, 0) is 24.6 Å². The summed E-state index contributed by atoms with van der Waals surface area (Å²) < 4.78 is 0. The number of aromatic carboxylic acids is 1. The molecule has 0 radical (unpaired) electrons. The van der Waals surface area contributed by atoms with E-state index in [0.717, 1.165) is 0 Å². The number of anilines is 1. The Labute approximate surface area is 120 Å². The van der Waals surface area contributed by atoms with E-state index in [-0.39, 0.29) is 23.8 Å². The summed E-state index contributed by atoms with van der Waals surface area (Å²) >= 11 is 0. The Bertz CT molecular complexity index is 511. The number of aromatic hydroxyl groups is 1. The van der Waals surface area contributed by atoms with E-state index in [2.05, 4.69) is 10.6 Å². The van der Waals surface area contributed by atoms with Crippen molar-refractivity contribution in [3.63, 3.8) is 0 Å². The van der Waals surface area contributed by atoms with Gasteiger partial charge in [0.1, 0.15) is 23.6 Å². The van der Waals surface area contributed by atoms with E-state index < -0.39 is 24.4 Å². The molecule has 0 saturated carbocycles. The third-order valence-corrected chi connectivity index (χ3v) is 3.43. The first kappa shape index (κ1) is 15.5. The van der Waals surface area contributed by atoms with Crippen LogP contribution in [0.1, 0.15) is 16.8 Å². The molecule has 1 aromatic rings. The molecule has 0 spiro atoms. The zero-order chi connectivity index (χ0) is 15.6. The van der Waals surface area contributed by atoms with Gasteiger partial charge in [0.2, 0.25) is 0 Å². The monoisotopic (exact) mass is 298 g/mol. The predicted molar refractivity (Wildman–Crippen MR) is 73.1 cm³/mol. The van der Waals surface area contributed by atoms with Crippen LogP contribution in [0.15, 0.2) is 18.2 Å². The first-order valence-corrected chi connectivity index (χ1v) is 6.49. The topological polar surface area (TPSA) is 142 Å². The van der Waals surface area contributed by atoms with Crippen molar-refractivity contribution in [2.45, 2.75) is 30.9 Å². The van der Waals surface area contributed by atoms with Crippen LogP contribution in [-0.2, 0) is 0 Å². The first-order chi connectivity index (χ1) is 9.88. The van der Waals surface area contributed by atoms with E-state index in [1.54, 1.807) is 0 Å². The van der Waals surface area contributed by atoms with Crippen molar-refractivity contribution >= 4 is 11.7 Å². The van der Waals surface area contributed by atoms with E-state index in [4.69, 9.17) is 5.11 Å². The molecule has 0 aliphatic carbocycles. The van der Waals surface area contributed by atoms with Crippen LogP contribution in [0, 0.1) is 0 Å². The molecular formula is C13H18N2O6. The van der Waals surface area contributed by atoms with Crippen molar-refractivity contribution in [1.29, 1.82) is 0 Å². The number of carboxylic acid groups (broad SMARTS) is 1. The highest BCUT2D eigenvalue weighted by atomic mass is 16.4. The van der Waals surface area contributed by atoms with Gasteiger partial charge in [-0.3, -0.25) is 5.32 Å². The standard InChI is InChI=1S/C13H18N2O6/c16-9-2-1-6(3-8(9)13(20)21)14-5-7-4-10(17)11(18)12(19)15-7/h1-3,7,10-12,14-19H,4-5H2,(H,20,21). The van der Waals surface area contributed by atoms with Crippen LogP contribution in [0.25, 0.3) is 0 Å². The molecule has 1 aliphatic rings. The maximum atomic E-state index is 10.9. The Morgan fingerprint density at radius 2 is 2.05 bits per heavy atom. The van der Waals surface area contributed by atoms with E-state index in [1.165, 1.54) is 18.2 Å². The van der Waals surface area contributed by atoms with E-state index in [1.807, 2.05) is 0 Å². The zero-order valence-corrected chi connectivity index (χ0v) is 11.1. The molecule has 8 nitrogen and oxygen atoms in total. The van der Waals surface area contributed by atoms with Crippen LogP contribution in [0.5, 0.6) is 5.75 Å². The Balaban J connectivity index is 1.97. The number of benzene rings is 1. The van der Waals surface area contributed by atoms with E-state index in [9.17, 15) is 25.2 Å². The highest BCUT2D eigenvalue weighted by Gasteiger charge is 2.33. The second kappa shape index (κ2) is 6.27. The van der Waals surface area contributed by atoms with Gasteiger partial charge < -0.3 is 30.8 Å². The van der Waals surface area contributed by atoms with Gasteiger partial charge in [0.05, 0.1) is 6.10 Å². The molecular weight excluding hydrogens is 280 g/mol. The number of phenols is 1. The third-order valence-electron chi connectivity index (χ3n) is 3.43. The largest absolute Gasteiger partial charge is 0.507 e. The van der Waals surface area contributed by atoms with E-state index in [0.29, 0.717) is 12.2 Å². The van der Waals surface area contributed by atoms with Gasteiger partial charge in [0.15, 0.2) is 0 Å². The molecule has 0 amide bonds. The third kappa shape index (κ3) is 3.61. The number of carbonyl (C=O) groups is 1. The molecule has 4 atom stereocenters. The average molecular weight is 298 g/mol. The van der Waals surface area contributed by atoms with E-state index >= 15 is 0 Å². The Morgan fingerprint density at radius 3 is 2.67 bits per heavy atom. The summed E-state index contributed by atoms with van der Waals surface area (Å²) in [4.78, 5) is 10.9. The molecule has 1 saturated heterocycles. The molecule has 0 bridgehead atoms. The summed E-state index contributed by atoms with van der Waals surface area (Å²) in [7, 11) is 0. The lowest BCUT2D eigenvalue weighted by Gasteiger charge is -2.35. The van der Waals surface area contributed by atoms with Crippen LogP contribution in [0.4, 0.5) is 5.69 Å². The summed E-state index contributed by atoms with van der Waals surface area (Å²) in [5.41, 5.74) is 0.272. The summed E-state index contributed by atoms with van der Waals surface area (Å²) in [6.07, 6.45) is -3.22. The van der Waals surface area contributed by atoms with Gasteiger partial charge in [0, 0.05) is 18.3 Å². The van der Waals surface area contributed by atoms with Crippen LogP contribution < -0.4 is 10.6 Å². The molecule has 1 aromatic carbocycles.